The maximum absolute atomic E-state index is 12.3. The van der Waals surface area contributed by atoms with Crippen molar-refractivity contribution in [3.8, 4) is 11.4 Å². The number of carbonyl (C=O) groups excluding carboxylic acids is 1. The van der Waals surface area contributed by atoms with Gasteiger partial charge in [-0.1, -0.05) is 55.3 Å². The molecule has 0 fully saturated rings. The van der Waals surface area contributed by atoms with E-state index in [1.165, 1.54) is 6.33 Å². The molecule has 33 heavy (non-hydrogen) atoms. The van der Waals surface area contributed by atoms with Gasteiger partial charge in [0.2, 0.25) is 23.2 Å². The van der Waals surface area contributed by atoms with Crippen molar-refractivity contribution >= 4 is 17.1 Å². The lowest BCUT2D eigenvalue weighted by Crippen LogP contribution is -2.35. The fraction of sp³-hybridized carbons (Fsp3) is 0.364. The van der Waals surface area contributed by atoms with Crippen LogP contribution in [0.5, 0.6) is 0 Å². The molecule has 4 aromatic rings. The molecule has 0 atom stereocenters. The maximum atomic E-state index is 12.3. The molecule has 172 valence electrons. The van der Waals surface area contributed by atoms with Gasteiger partial charge in [0.15, 0.2) is 5.65 Å². The molecule has 0 bridgehead atoms. The summed E-state index contributed by atoms with van der Waals surface area (Å²) in [5, 5.41) is 8.13. The van der Waals surface area contributed by atoms with Crippen LogP contribution in [-0.4, -0.2) is 35.6 Å². The largest absolute Gasteiger partial charge is 0.339 e. The highest BCUT2D eigenvalue weighted by molar-refractivity contribution is 5.75. The highest BCUT2D eigenvalue weighted by atomic mass is 16.5. The minimum absolute atomic E-state index is 0.220. The van der Waals surface area contributed by atoms with Crippen molar-refractivity contribution < 1.29 is 9.32 Å². The van der Waals surface area contributed by atoms with E-state index in [1.54, 1.807) is 4.57 Å². The van der Waals surface area contributed by atoms with Gasteiger partial charge in [-0.15, -0.1) is 5.10 Å². The van der Waals surface area contributed by atoms with Gasteiger partial charge in [0.1, 0.15) is 5.52 Å². The molecule has 0 aliphatic carbocycles. The summed E-state index contributed by atoms with van der Waals surface area (Å²) in [4.78, 5) is 38.8. The number of amides is 1. The van der Waals surface area contributed by atoms with Gasteiger partial charge >= 0.3 is 0 Å². The summed E-state index contributed by atoms with van der Waals surface area (Å²) < 4.78 is 7.07. The molecule has 1 aromatic carbocycles. The highest BCUT2D eigenvalue weighted by Gasteiger charge is 2.11. The Kier molecular flexibility index (Phi) is 7.08. The number of nitrogens with zero attached hydrogens (tertiary/aromatic N) is 5. The van der Waals surface area contributed by atoms with Crippen LogP contribution >= 0.6 is 0 Å². The van der Waals surface area contributed by atoms with E-state index in [0.717, 1.165) is 24.8 Å². The molecule has 0 unspecified atom stereocenters. The lowest BCUT2D eigenvalue weighted by atomic mass is 10.2. The SMILES string of the molecule is CCCCCn1/c(=N/NC(=O)CCCc2nc(-c3ccccc3)no2)[nH]c(=O)c2[nH]cnc21. The minimum Gasteiger partial charge on any atom is -0.339 e. The van der Waals surface area contributed by atoms with Crippen molar-refractivity contribution in [2.24, 2.45) is 5.10 Å². The summed E-state index contributed by atoms with van der Waals surface area (Å²) in [6, 6.07) is 9.54. The number of aromatic nitrogens is 6. The molecular formula is C22H26N8O3. The lowest BCUT2D eigenvalue weighted by molar-refractivity contribution is -0.121. The summed E-state index contributed by atoms with van der Waals surface area (Å²) in [6.45, 7) is 2.74. The second kappa shape index (κ2) is 10.5. The monoisotopic (exact) mass is 450 g/mol. The molecular weight excluding hydrogens is 424 g/mol. The number of hydrogen-bond donors (Lipinski definition) is 3. The van der Waals surface area contributed by atoms with E-state index >= 15 is 0 Å². The van der Waals surface area contributed by atoms with Crippen LogP contribution in [0.15, 0.2) is 51.1 Å². The van der Waals surface area contributed by atoms with Crippen molar-refractivity contribution in [1.82, 2.24) is 35.1 Å². The number of nitrogens with one attached hydrogen (secondary N) is 3. The van der Waals surface area contributed by atoms with Crippen molar-refractivity contribution in [3.05, 3.63) is 58.5 Å². The fourth-order valence-electron chi connectivity index (χ4n) is 3.44. The predicted octanol–water partition coefficient (Wildman–Crippen LogP) is 2.25. The standard InChI is InChI=1S/C22H26N8O3/c1-2-3-7-13-30-20-18(23-14-24-20)21(32)26-22(30)28-27-16(31)11-8-12-17-25-19(29-33-17)15-9-5-4-6-10-15/h4-6,9-10,14H,2-3,7-8,11-13H2,1H3,(H,23,24)(H,27,31)(H,26,28,32). The van der Waals surface area contributed by atoms with Crippen LogP contribution in [0.3, 0.4) is 0 Å². The second-order valence-electron chi connectivity index (χ2n) is 7.62. The third-order valence-corrected chi connectivity index (χ3v) is 5.15. The van der Waals surface area contributed by atoms with Gasteiger partial charge < -0.3 is 9.51 Å². The Morgan fingerprint density at radius 2 is 2.06 bits per heavy atom. The van der Waals surface area contributed by atoms with Gasteiger partial charge in [0.25, 0.3) is 5.56 Å². The molecule has 0 saturated carbocycles. The Morgan fingerprint density at radius 1 is 1.21 bits per heavy atom. The number of H-pyrrole nitrogens is 2. The van der Waals surface area contributed by atoms with Crippen LogP contribution < -0.4 is 16.6 Å². The number of carbonyl (C=O) groups is 1. The first-order chi connectivity index (χ1) is 16.2. The second-order valence-corrected chi connectivity index (χ2v) is 7.62. The van der Waals surface area contributed by atoms with Gasteiger partial charge in [-0.05, 0) is 12.8 Å². The van der Waals surface area contributed by atoms with E-state index < -0.39 is 0 Å². The van der Waals surface area contributed by atoms with Crippen LogP contribution in [0.4, 0.5) is 0 Å². The molecule has 1 amide bonds. The molecule has 0 aliphatic rings. The van der Waals surface area contributed by atoms with Crippen LogP contribution in [0.25, 0.3) is 22.6 Å². The lowest BCUT2D eigenvalue weighted by Gasteiger charge is -2.08. The topological polar surface area (TPSA) is 147 Å². The Labute approximate surface area is 189 Å². The summed E-state index contributed by atoms with van der Waals surface area (Å²) in [5.41, 5.74) is 4.20. The van der Waals surface area contributed by atoms with Gasteiger partial charge in [-0.3, -0.25) is 19.1 Å². The third-order valence-electron chi connectivity index (χ3n) is 5.15. The van der Waals surface area contributed by atoms with Crippen molar-refractivity contribution in [2.45, 2.75) is 52.0 Å². The number of aryl methyl sites for hydroxylation is 2. The van der Waals surface area contributed by atoms with Crippen LogP contribution in [0.2, 0.25) is 0 Å². The predicted molar refractivity (Wildman–Crippen MR) is 121 cm³/mol. The molecule has 0 saturated heterocycles. The van der Waals surface area contributed by atoms with E-state index in [1.807, 2.05) is 30.3 Å². The number of hydrogen-bond acceptors (Lipinski definition) is 7. The average Bonchev–Trinajstić information content (AvgIpc) is 3.50. The van der Waals surface area contributed by atoms with E-state index in [-0.39, 0.29) is 23.5 Å². The summed E-state index contributed by atoms with van der Waals surface area (Å²) in [5.74, 6) is 0.719. The number of imidazole rings is 1. The van der Waals surface area contributed by atoms with E-state index in [4.69, 9.17) is 4.52 Å². The molecule has 3 aromatic heterocycles. The van der Waals surface area contributed by atoms with E-state index in [0.29, 0.717) is 42.3 Å². The third kappa shape index (κ3) is 5.43. The number of benzene rings is 1. The van der Waals surface area contributed by atoms with Gasteiger partial charge in [0.05, 0.1) is 6.33 Å². The van der Waals surface area contributed by atoms with Gasteiger partial charge in [-0.2, -0.15) is 4.98 Å². The van der Waals surface area contributed by atoms with E-state index in [2.05, 4.69) is 42.5 Å². The summed E-state index contributed by atoms with van der Waals surface area (Å²) in [7, 11) is 0. The average molecular weight is 451 g/mol. The first-order valence-corrected chi connectivity index (χ1v) is 11.0. The zero-order valence-electron chi connectivity index (χ0n) is 18.4. The highest BCUT2D eigenvalue weighted by Crippen LogP contribution is 2.15. The van der Waals surface area contributed by atoms with Crippen LogP contribution in [0, 0.1) is 0 Å². The molecule has 11 heteroatoms. The van der Waals surface area contributed by atoms with Crippen molar-refractivity contribution in [1.29, 1.82) is 0 Å². The van der Waals surface area contributed by atoms with Crippen LogP contribution in [-0.2, 0) is 17.8 Å². The molecule has 0 aliphatic heterocycles. The molecule has 0 spiro atoms. The van der Waals surface area contributed by atoms with Gasteiger partial charge in [-0.25, -0.2) is 10.4 Å². The Balaban J connectivity index is 1.38. The minimum atomic E-state index is -0.340. The molecule has 4 rings (SSSR count). The summed E-state index contributed by atoms with van der Waals surface area (Å²) >= 11 is 0. The first-order valence-electron chi connectivity index (χ1n) is 11.0. The smallest absolute Gasteiger partial charge is 0.278 e. The first kappa shape index (κ1) is 22.2. The fourth-order valence-corrected chi connectivity index (χ4v) is 3.44. The number of rotatable bonds is 10. The molecule has 3 N–H and O–H groups in total. The van der Waals surface area contributed by atoms with E-state index in [9.17, 15) is 9.59 Å². The number of fused-ring (bicyclic) bond motifs is 1. The van der Waals surface area contributed by atoms with Crippen LogP contribution in [0.1, 0.15) is 44.9 Å². The van der Waals surface area contributed by atoms with Gasteiger partial charge in [0, 0.05) is 24.9 Å². The Morgan fingerprint density at radius 3 is 2.88 bits per heavy atom. The zero-order chi connectivity index (χ0) is 23.0. The Bertz CT molecular complexity index is 1330. The Hall–Kier alpha value is -4.02. The summed E-state index contributed by atoms with van der Waals surface area (Å²) in [6.07, 6.45) is 5.68. The number of aromatic amines is 2. The molecule has 3 heterocycles. The maximum Gasteiger partial charge on any atom is 0.278 e. The normalized spacial score (nSPS) is 11.8. The molecule has 0 radical (unpaired) electrons. The zero-order valence-corrected chi connectivity index (χ0v) is 18.4. The number of unbranched alkanes of at least 4 members (excludes halogenated alkanes) is 2. The van der Waals surface area contributed by atoms with Crippen molar-refractivity contribution in [2.75, 3.05) is 0 Å². The molecule has 11 nitrogen and oxygen atoms in total. The quantitative estimate of drug-likeness (QED) is 0.249. The van der Waals surface area contributed by atoms with Crippen molar-refractivity contribution in [3.63, 3.8) is 0 Å².